The number of pyridine rings is 2. The molecule has 1 aromatic carbocycles. The Hall–Kier alpha value is -3.29. The number of anilines is 1. The van der Waals surface area contributed by atoms with Gasteiger partial charge in [0.1, 0.15) is 11.6 Å². The molecule has 0 saturated heterocycles. The molecule has 3 heterocycles. The summed E-state index contributed by atoms with van der Waals surface area (Å²) in [6, 6.07) is 9.18. The van der Waals surface area contributed by atoms with E-state index in [-0.39, 0.29) is 0 Å². The summed E-state index contributed by atoms with van der Waals surface area (Å²) in [5, 5.41) is 0.692. The van der Waals surface area contributed by atoms with Crippen LogP contribution in [-0.4, -0.2) is 22.9 Å². The second-order valence-corrected chi connectivity index (χ2v) is 6.47. The molecule has 0 spiro atoms. The van der Waals surface area contributed by atoms with Crippen LogP contribution >= 0.6 is 0 Å². The highest BCUT2D eigenvalue weighted by atomic mass is 19.4. The zero-order valence-electron chi connectivity index (χ0n) is 14.7. The number of halogens is 4. The van der Waals surface area contributed by atoms with Crippen LogP contribution in [0.2, 0.25) is 0 Å². The van der Waals surface area contributed by atoms with Crippen LogP contribution in [-0.2, 0) is 6.18 Å². The Balaban J connectivity index is 1.59. The first-order valence-corrected chi connectivity index (χ1v) is 8.41. The highest BCUT2D eigenvalue weighted by molar-refractivity contribution is 5.90. The molecule has 0 fully saturated rings. The number of aliphatic imine (C=N–C) groups is 1. The van der Waals surface area contributed by atoms with Crippen molar-refractivity contribution >= 4 is 28.8 Å². The van der Waals surface area contributed by atoms with Gasteiger partial charge in [0.2, 0.25) is 0 Å². The quantitative estimate of drug-likeness (QED) is 0.578. The van der Waals surface area contributed by atoms with Crippen molar-refractivity contribution in [3.8, 4) is 0 Å². The van der Waals surface area contributed by atoms with Crippen LogP contribution in [0.1, 0.15) is 18.1 Å². The summed E-state index contributed by atoms with van der Waals surface area (Å²) in [6.07, 6.45) is -0.904. The van der Waals surface area contributed by atoms with E-state index in [0.29, 0.717) is 23.3 Å². The van der Waals surface area contributed by atoms with Gasteiger partial charge in [0, 0.05) is 23.7 Å². The van der Waals surface area contributed by atoms with Gasteiger partial charge in [-0.05, 0) is 36.8 Å². The monoisotopic (exact) mass is 386 g/mol. The number of benzene rings is 1. The molecule has 1 aliphatic rings. The summed E-state index contributed by atoms with van der Waals surface area (Å²) >= 11 is 0. The first-order valence-electron chi connectivity index (χ1n) is 8.41. The van der Waals surface area contributed by atoms with E-state index in [9.17, 15) is 17.6 Å². The van der Waals surface area contributed by atoms with Gasteiger partial charge in [-0.15, -0.1) is 0 Å². The Morgan fingerprint density at radius 1 is 1.00 bits per heavy atom. The van der Waals surface area contributed by atoms with Crippen LogP contribution in [0.4, 0.5) is 23.4 Å². The summed E-state index contributed by atoms with van der Waals surface area (Å²) in [7, 11) is 0. The third-order valence-electron chi connectivity index (χ3n) is 4.43. The van der Waals surface area contributed by atoms with Crippen molar-refractivity contribution in [1.82, 2.24) is 9.97 Å². The van der Waals surface area contributed by atoms with Crippen molar-refractivity contribution in [3.63, 3.8) is 0 Å². The Morgan fingerprint density at radius 2 is 1.82 bits per heavy atom. The summed E-state index contributed by atoms with van der Waals surface area (Å²) in [5.74, 6) is -0.0168. The lowest BCUT2D eigenvalue weighted by molar-refractivity contribution is -0.137. The smallest absolute Gasteiger partial charge is 0.313 e. The van der Waals surface area contributed by atoms with Crippen LogP contribution in [0.3, 0.4) is 0 Å². The zero-order chi connectivity index (χ0) is 19.9. The van der Waals surface area contributed by atoms with E-state index in [4.69, 9.17) is 0 Å². The molecule has 28 heavy (non-hydrogen) atoms. The maximum Gasteiger partial charge on any atom is 0.417 e. The second-order valence-electron chi connectivity index (χ2n) is 6.47. The molecule has 0 unspecified atom stereocenters. The Labute approximate surface area is 157 Å². The van der Waals surface area contributed by atoms with E-state index in [1.54, 1.807) is 17.3 Å². The fraction of sp³-hybridized carbons (Fsp3) is 0.150. The maximum atomic E-state index is 13.3. The minimum absolute atomic E-state index is 0.380. The number of nitrogens with zero attached hydrogens (tertiary/aromatic N) is 4. The molecule has 1 aliphatic heterocycles. The summed E-state index contributed by atoms with van der Waals surface area (Å²) in [4.78, 5) is 14.1. The highest BCUT2D eigenvalue weighted by Crippen LogP contribution is 2.31. The van der Waals surface area contributed by atoms with Crippen molar-refractivity contribution in [3.05, 3.63) is 71.3 Å². The third kappa shape index (κ3) is 3.45. The fourth-order valence-electron chi connectivity index (χ4n) is 3.04. The molecular formula is C20H14F4N4. The van der Waals surface area contributed by atoms with Gasteiger partial charge in [-0.25, -0.2) is 14.4 Å². The molecule has 0 saturated carbocycles. The number of fused-ring (bicyclic) bond motifs is 1. The Morgan fingerprint density at radius 3 is 2.50 bits per heavy atom. The summed E-state index contributed by atoms with van der Waals surface area (Å²) < 4.78 is 51.3. The van der Waals surface area contributed by atoms with Crippen LogP contribution < -0.4 is 4.90 Å². The number of aromatic nitrogens is 2. The molecule has 0 bridgehead atoms. The molecule has 4 rings (SSSR count). The van der Waals surface area contributed by atoms with Crippen molar-refractivity contribution in [2.75, 3.05) is 11.4 Å². The molecule has 0 radical (unpaired) electrons. The molecule has 0 atom stereocenters. The highest BCUT2D eigenvalue weighted by Gasteiger charge is 2.31. The minimum atomic E-state index is -4.42. The average molecular weight is 386 g/mol. The third-order valence-corrected chi connectivity index (χ3v) is 4.43. The van der Waals surface area contributed by atoms with E-state index in [1.165, 1.54) is 12.1 Å². The largest absolute Gasteiger partial charge is 0.417 e. The van der Waals surface area contributed by atoms with Gasteiger partial charge in [0.25, 0.3) is 0 Å². The molecule has 3 aromatic rings. The average Bonchev–Trinajstić information content (AvgIpc) is 2.67. The van der Waals surface area contributed by atoms with Gasteiger partial charge in [-0.3, -0.25) is 4.98 Å². The molecule has 0 N–H and O–H groups in total. The van der Waals surface area contributed by atoms with Gasteiger partial charge in [0.05, 0.1) is 29.3 Å². The van der Waals surface area contributed by atoms with Gasteiger partial charge >= 0.3 is 6.18 Å². The lowest BCUT2D eigenvalue weighted by atomic mass is 10.0. The predicted octanol–water partition coefficient (Wildman–Crippen LogP) is 5.07. The molecule has 2 aromatic heterocycles. The number of hydrogen-bond acceptors (Lipinski definition) is 4. The second kappa shape index (κ2) is 6.70. The predicted molar refractivity (Wildman–Crippen MR) is 99.4 cm³/mol. The molecule has 142 valence electrons. The summed E-state index contributed by atoms with van der Waals surface area (Å²) in [6.45, 7) is 2.33. The van der Waals surface area contributed by atoms with Gasteiger partial charge in [0.15, 0.2) is 0 Å². The molecule has 0 aliphatic carbocycles. The number of hydrogen-bond donors (Lipinski definition) is 0. The van der Waals surface area contributed by atoms with E-state index >= 15 is 0 Å². The van der Waals surface area contributed by atoms with Crippen molar-refractivity contribution in [2.45, 2.75) is 13.1 Å². The van der Waals surface area contributed by atoms with Crippen LogP contribution in [0.15, 0.2) is 59.4 Å². The maximum absolute atomic E-state index is 13.3. The molecule has 8 heteroatoms. The standard InChI is InChI=1S/C20H14F4N4/c1-12-10-28(18-5-4-15(8-26-18)20(22,23)24)11-27-19(12)14-3-2-13-6-16(21)9-25-17(13)7-14/h2-9,11H,10H2,1H3. The SMILES string of the molecule is CC1=C(c2ccc3cc(F)cnc3c2)N=CN(c2ccc(C(F)(F)F)cn2)C1. The Kier molecular flexibility index (Phi) is 4.33. The molecule has 0 amide bonds. The van der Waals surface area contributed by atoms with E-state index in [0.717, 1.165) is 35.3 Å². The van der Waals surface area contributed by atoms with E-state index in [1.807, 2.05) is 19.1 Å². The fourth-order valence-corrected chi connectivity index (χ4v) is 3.04. The van der Waals surface area contributed by atoms with E-state index < -0.39 is 17.6 Å². The van der Waals surface area contributed by atoms with Gasteiger partial charge in [-0.1, -0.05) is 12.1 Å². The minimum Gasteiger partial charge on any atom is -0.313 e. The lowest BCUT2D eigenvalue weighted by Gasteiger charge is -2.24. The van der Waals surface area contributed by atoms with Crippen LogP contribution in [0, 0.1) is 5.82 Å². The lowest BCUT2D eigenvalue weighted by Crippen LogP contribution is -2.27. The van der Waals surface area contributed by atoms with Gasteiger partial charge < -0.3 is 4.90 Å². The van der Waals surface area contributed by atoms with Crippen molar-refractivity contribution in [1.29, 1.82) is 0 Å². The normalized spacial score (nSPS) is 14.8. The Bertz CT molecular complexity index is 1100. The molecular weight excluding hydrogens is 372 g/mol. The van der Waals surface area contributed by atoms with E-state index in [2.05, 4.69) is 15.0 Å². The first kappa shape index (κ1) is 18.1. The van der Waals surface area contributed by atoms with Crippen LogP contribution in [0.5, 0.6) is 0 Å². The van der Waals surface area contributed by atoms with Crippen molar-refractivity contribution < 1.29 is 17.6 Å². The number of alkyl halides is 3. The zero-order valence-corrected chi connectivity index (χ0v) is 14.7. The van der Waals surface area contributed by atoms with Crippen molar-refractivity contribution in [2.24, 2.45) is 4.99 Å². The van der Waals surface area contributed by atoms with Crippen LogP contribution in [0.25, 0.3) is 16.6 Å². The summed E-state index contributed by atoms with van der Waals surface area (Å²) in [5.41, 5.74) is 2.36. The first-order chi connectivity index (χ1) is 13.3. The molecule has 4 nitrogen and oxygen atoms in total. The topological polar surface area (TPSA) is 41.4 Å². The van der Waals surface area contributed by atoms with Gasteiger partial charge in [-0.2, -0.15) is 13.2 Å². The number of rotatable bonds is 2.